The summed E-state index contributed by atoms with van der Waals surface area (Å²) in [5.41, 5.74) is 0.873. The average molecular weight is 611 g/mol. The van der Waals surface area contributed by atoms with Gasteiger partial charge in [-0.2, -0.15) is 9.57 Å². The average Bonchev–Trinajstić information content (AvgIpc) is 2.97. The smallest absolute Gasteiger partial charge is 0.408 e. The number of alkyl carbamates (subject to hydrolysis) is 1. The van der Waals surface area contributed by atoms with Gasteiger partial charge in [0.2, 0.25) is 10.0 Å². The van der Waals surface area contributed by atoms with Crippen LogP contribution in [0.4, 0.5) is 4.79 Å². The van der Waals surface area contributed by atoms with Crippen LogP contribution in [0.25, 0.3) is 11.1 Å². The zero-order valence-electron chi connectivity index (χ0n) is 25.5. The van der Waals surface area contributed by atoms with E-state index in [1.807, 2.05) is 31.3 Å². The number of benzene rings is 2. The van der Waals surface area contributed by atoms with Gasteiger partial charge in [0.15, 0.2) is 5.78 Å². The summed E-state index contributed by atoms with van der Waals surface area (Å²) in [5.74, 6) is -0.769. The molecular formula is C32H42N4O6S. The molecule has 0 radical (unpaired) electrons. The Bertz CT molecular complexity index is 1410. The second kappa shape index (κ2) is 13.6. The SMILES string of the molecule is CN1CCN(S(=O)(=O)c2ccc(-c3ccc(C[C@@H](C#N)CC(=O)C4(NC(=O)OC(C)(C)C)CCOCC4)cc3)cc2)CC1. The molecule has 1 amide bonds. The Morgan fingerprint density at radius 1 is 1.00 bits per heavy atom. The molecule has 2 saturated heterocycles. The van der Waals surface area contributed by atoms with Crippen molar-refractivity contribution in [2.24, 2.45) is 5.92 Å². The van der Waals surface area contributed by atoms with E-state index in [4.69, 9.17) is 9.47 Å². The summed E-state index contributed by atoms with van der Waals surface area (Å²) in [4.78, 5) is 28.5. The Balaban J connectivity index is 1.39. The van der Waals surface area contributed by atoms with Gasteiger partial charge in [0, 0.05) is 58.7 Å². The lowest BCUT2D eigenvalue weighted by Crippen LogP contribution is -2.58. The van der Waals surface area contributed by atoms with Crippen molar-refractivity contribution in [3.8, 4) is 17.2 Å². The van der Waals surface area contributed by atoms with Gasteiger partial charge in [-0.15, -0.1) is 0 Å². The van der Waals surface area contributed by atoms with Crippen LogP contribution in [0, 0.1) is 17.2 Å². The molecule has 2 heterocycles. The van der Waals surface area contributed by atoms with E-state index < -0.39 is 33.2 Å². The summed E-state index contributed by atoms with van der Waals surface area (Å²) in [6, 6.07) is 16.9. The molecule has 2 aliphatic rings. The Hall–Kier alpha value is -3.30. The Labute approximate surface area is 255 Å². The van der Waals surface area contributed by atoms with Crippen molar-refractivity contribution >= 4 is 21.9 Å². The first-order valence-corrected chi connectivity index (χ1v) is 16.2. The number of amides is 1. The van der Waals surface area contributed by atoms with Gasteiger partial charge < -0.3 is 19.7 Å². The van der Waals surface area contributed by atoms with Gasteiger partial charge in [-0.05, 0) is 63.1 Å². The number of carbonyl (C=O) groups excluding carboxylic acids is 2. The summed E-state index contributed by atoms with van der Waals surface area (Å²) in [6.45, 7) is 8.34. The Morgan fingerprint density at radius 2 is 1.56 bits per heavy atom. The van der Waals surface area contributed by atoms with Crippen molar-refractivity contribution in [3.63, 3.8) is 0 Å². The highest BCUT2D eigenvalue weighted by atomic mass is 32.2. The Kier molecular flexibility index (Phi) is 10.3. The number of nitrogens with one attached hydrogen (secondary N) is 1. The molecule has 0 saturated carbocycles. The molecule has 1 N–H and O–H groups in total. The first-order chi connectivity index (χ1) is 20.3. The summed E-state index contributed by atoms with van der Waals surface area (Å²) < 4.78 is 38.5. The predicted molar refractivity (Wildman–Crippen MR) is 163 cm³/mol. The first-order valence-electron chi connectivity index (χ1n) is 14.7. The summed E-state index contributed by atoms with van der Waals surface area (Å²) in [7, 11) is -1.55. The van der Waals surface area contributed by atoms with Crippen LogP contribution < -0.4 is 5.32 Å². The molecule has 10 nitrogen and oxygen atoms in total. The number of hydrogen-bond donors (Lipinski definition) is 1. The number of likely N-dealkylation sites (N-methyl/N-ethyl adjacent to an activating group) is 1. The quantitative estimate of drug-likeness (QED) is 0.451. The monoisotopic (exact) mass is 610 g/mol. The van der Waals surface area contributed by atoms with Gasteiger partial charge in [-0.25, -0.2) is 13.2 Å². The second-order valence-corrected chi connectivity index (χ2v) is 14.3. The molecule has 0 spiro atoms. The number of Topliss-reactive ketones (excluding diaryl/α,β-unsaturated/α-hetero) is 1. The predicted octanol–water partition coefficient (Wildman–Crippen LogP) is 4.01. The van der Waals surface area contributed by atoms with E-state index in [0.717, 1.165) is 16.7 Å². The molecule has 2 aromatic rings. The number of rotatable bonds is 9. The third kappa shape index (κ3) is 8.42. The molecule has 2 fully saturated rings. The second-order valence-electron chi connectivity index (χ2n) is 12.4. The maximum Gasteiger partial charge on any atom is 0.408 e. The molecular weight excluding hydrogens is 568 g/mol. The van der Waals surface area contributed by atoms with Crippen molar-refractivity contribution in [1.82, 2.24) is 14.5 Å². The van der Waals surface area contributed by atoms with Crippen LogP contribution in [-0.4, -0.2) is 87.1 Å². The van der Waals surface area contributed by atoms with Crippen LogP contribution in [0.5, 0.6) is 0 Å². The number of carbonyl (C=O) groups is 2. The Morgan fingerprint density at radius 3 is 2.09 bits per heavy atom. The molecule has 43 heavy (non-hydrogen) atoms. The van der Waals surface area contributed by atoms with Crippen molar-refractivity contribution in [2.75, 3.05) is 46.4 Å². The van der Waals surface area contributed by atoms with Gasteiger partial charge in [0.05, 0.1) is 16.9 Å². The minimum absolute atomic E-state index is 0.00269. The molecule has 4 rings (SSSR count). The molecule has 0 aliphatic carbocycles. The number of nitriles is 1. The molecule has 232 valence electrons. The third-order valence-electron chi connectivity index (χ3n) is 7.96. The molecule has 1 atom stereocenters. The van der Waals surface area contributed by atoms with Crippen LogP contribution in [0.15, 0.2) is 53.4 Å². The fourth-order valence-corrected chi connectivity index (χ4v) is 6.81. The van der Waals surface area contributed by atoms with Crippen molar-refractivity contribution in [1.29, 1.82) is 5.26 Å². The molecule has 2 aromatic carbocycles. The highest BCUT2D eigenvalue weighted by Gasteiger charge is 2.42. The number of ketones is 1. The summed E-state index contributed by atoms with van der Waals surface area (Å²) in [6.07, 6.45) is 0.374. The molecule has 0 aromatic heterocycles. The first kappa shape index (κ1) is 32.6. The van der Waals surface area contributed by atoms with Crippen LogP contribution >= 0.6 is 0 Å². The van der Waals surface area contributed by atoms with E-state index in [2.05, 4.69) is 16.3 Å². The highest BCUT2D eigenvalue weighted by Crippen LogP contribution is 2.28. The summed E-state index contributed by atoms with van der Waals surface area (Å²) >= 11 is 0. The van der Waals surface area contributed by atoms with Crippen LogP contribution in [0.1, 0.15) is 45.6 Å². The van der Waals surface area contributed by atoms with Gasteiger partial charge in [0.25, 0.3) is 0 Å². The maximum atomic E-state index is 13.5. The number of piperazine rings is 1. The minimum atomic E-state index is -3.53. The zero-order chi connectivity index (χ0) is 31.3. The maximum absolute atomic E-state index is 13.5. The number of ether oxygens (including phenoxy) is 2. The molecule has 2 aliphatic heterocycles. The highest BCUT2D eigenvalue weighted by molar-refractivity contribution is 7.89. The lowest BCUT2D eigenvalue weighted by molar-refractivity contribution is -0.130. The standard InChI is InChI=1S/C32H42N4O6S/c1-31(2,3)42-30(38)34-32(13-19-41-20-14-32)29(37)22-25(23-33)21-24-5-7-26(8-6-24)27-9-11-28(12-10-27)43(39,40)36-17-15-35(4)16-18-36/h5-12,25H,13-22H2,1-4H3,(H,34,38)/t25-/m1/s1. The molecule has 0 unspecified atom stereocenters. The molecule has 11 heteroatoms. The van der Waals surface area contributed by atoms with Gasteiger partial charge in [-0.3, -0.25) is 4.79 Å². The topological polar surface area (TPSA) is 129 Å². The summed E-state index contributed by atoms with van der Waals surface area (Å²) in [5, 5.41) is 12.7. The fraction of sp³-hybridized carbons (Fsp3) is 0.531. The lowest BCUT2D eigenvalue weighted by Gasteiger charge is -2.37. The van der Waals surface area contributed by atoms with E-state index in [9.17, 15) is 23.3 Å². The van der Waals surface area contributed by atoms with Gasteiger partial charge in [-0.1, -0.05) is 36.4 Å². The van der Waals surface area contributed by atoms with Crippen LogP contribution in [-0.2, 0) is 30.7 Å². The molecule has 0 bridgehead atoms. The third-order valence-corrected chi connectivity index (χ3v) is 9.87. The normalized spacial score (nSPS) is 18.8. The minimum Gasteiger partial charge on any atom is -0.444 e. The van der Waals surface area contributed by atoms with E-state index in [-0.39, 0.29) is 17.1 Å². The van der Waals surface area contributed by atoms with Gasteiger partial charge in [0.1, 0.15) is 11.1 Å². The van der Waals surface area contributed by atoms with Crippen molar-refractivity contribution in [2.45, 2.75) is 62.5 Å². The lowest BCUT2D eigenvalue weighted by atomic mass is 9.80. The van der Waals surface area contributed by atoms with Crippen molar-refractivity contribution < 1.29 is 27.5 Å². The van der Waals surface area contributed by atoms with Crippen LogP contribution in [0.2, 0.25) is 0 Å². The van der Waals surface area contributed by atoms with E-state index in [1.54, 1.807) is 45.0 Å². The van der Waals surface area contributed by atoms with E-state index >= 15 is 0 Å². The van der Waals surface area contributed by atoms with E-state index in [1.165, 1.54) is 4.31 Å². The van der Waals surface area contributed by atoms with E-state index in [0.29, 0.717) is 58.7 Å². The van der Waals surface area contributed by atoms with Gasteiger partial charge >= 0.3 is 6.09 Å². The number of hydrogen-bond acceptors (Lipinski definition) is 8. The largest absolute Gasteiger partial charge is 0.444 e. The van der Waals surface area contributed by atoms with Crippen molar-refractivity contribution in [3.05, 3.63) is 54.1 Å². The number of nitrogens with zero attached hydrogens (tertiary/aromatic N) is 3. The number of sulfonamides is 1. The zero-order valence-corrected chi connectivity index (χ0v) is 26.3. The van der Waals surface area contributed by atoms with Crippen LogP contribution in [0.3, 0.4) is 0 Å². The fourth-order valence-electron chi connectivity index (χ4n) is 5.39.